The standard InChI is InChI=1S/C11H16N4O/c12-9-2-1-3-15(5-9)11-13-4-8-6-16-7-10(8)14-11/h4,9H,1-3,5-7,12H2. The van der Waals surface area contributed by atoms with Gasteiger partial charge in [-0.1, -0.05) is 0 Å². The molecule has 0 saturated carbocycles. The van der Waals surface area contributed by atoms with E-state index in [-0.39, 0.29) is 6.04 Å². The SMILES string of the molecule is NC1CCCN(c2ncc3c(n2)COC3)C1. The molecule has 0 radical (unpaired) electrons. The first-order chi connectivity index (χ1) is 7.83. The van der Waals surface area contributed by atoms with Crippen LogP contribution in [0.4, 0.5) is 5.95 Å². The number of nitrogens with two attached hydrogens (primary N) is 1. The molecule has 5 nitrogen and oxygen atoms in total. The molecule has 1 saturated heterocycles. The molecule has 5 heteroatoms. The first-order valence-electron chi connectivity index (χ1n) is 5.76. The second-order valence-corrected chi connectivity index (χ2v) is 4.48. The van der Waals surface area contributed by atoms with Crippen molar-refractivity contribution in [3.63, 3.8) is 0 Å². The summed E-state index contributed by atoms with van der Waals surface area (Å²) in [6.45, 7) is 3.13. The van der Waals surface area contributed by atoms with E-state index < -0.39 is 0 Å². The first kappa shape index (κ1) is 9.99. The zero-order chi connectivity index (χ0) is 11.0. The van der Waals surface area contributed by atoms with Crippen molar-refractivity contribution in [2.45, 2.75) is 32.1 Å². The minimum Gasteiger partial charge on any atom is -0.370 e. The fourth-order valence-corrected chi connectivity index (χ4v) is 2.28. The van der Waals surface area contributed by atoms with Crippen LogP contribution < -0.4 is 10.6 Å². The molecule has 0 spiro atoms. The fraction of sp³-hybridized carbons (Fsp3) is 0.636. The summed E-state index contributed by atoms with van der Waals surface area (Å²) in [7, 11) is 0. The third kappa shape index (κ3) is 1.76. The monoisotopic (exact) mass is 220 g/mol. The molecule has 1 aromatic rings. The molecule has 2 aliphatic rings. The molecular formula is C11H16N4O. The van der Waals surface area contributed by atoms with Crippen LogP contribution in [-0.4, -0.2) is 29.1 Å². The minimum absolute atomic E-state index is 0.252. The lowest BCUT2D eigenvalue weighted by molar-refractivity contribution is 0.133. The molecule has 1 atom stereocenters. The van der Waals surface area contributed by atoms with Crippen molar-refractivity contribution in [3.05, 3.63) is 17.5 Å². The van der Waals surface area contributed by atoms with E-state index in [1.54, 1.807) is 0 Å². The second-order valence-electron chi connectivity index (χ2n) is 4.48. The smallest absolute Gasteiger partial charge is 0.225 e. The molecule has 0 aliphatic carbocycles. The molecule has 86 valence electrons. The van der Waals surface area contributed by atoms with Crippen LogP contribution in [0.25, 0.3) is 0 Å². The van der Waals surface area contributed by atoms with Gasteiger partial charge in [0.25, 0.3) is 0 Å². The topological polar surface area (TPSA) is 64.3 Å². The van der Waals surface area contributed by atoms with Crippen LogP contribution in [0.15, 0.2) is 6.20 Å². The minimum atomic E-state index is 0.252. The summed E-state index contributed by atoms with van der Waals surface area (Å²) >= 11 is 0. The largest absolute Gasteiger partial charge is 0.370 e. The third-order valence-corrected chi connectivity index (χ3v) is 3.18. The van der Waals surface area contributed by atoms with Crippen LogP contribution in [0, 0.1) is 0 Å². The zero-order valence-electron chi connectivity index (χ0n) is 9.22. The highest BCUT2D eigenvalue weighted by atomic mass is 16.5. The van der Waals surface area contributed by atoms with Crippen LogP contribution in [0.2, 0.25) is 0 Å². The van der Waals surface area contributed by atoms with Gasteiger partial charge in [0.15, 0.2) is 0 Å². The Bertz CT molecular complexity index is 396. The van der Waals surface area contributed by atoms with Crippen LogP contribution in [0.5, 0.6) is 0 Å². The number of hydrogen-bond acceptors (Lipinski definition) is 5. The van der Waals surface area contributed by atoms with Gasteiger partial charge in [0.2, 0.25) is 5.95 Å². The average molecular weight is 220 g/mol. The summed E-state index contributed by atoms with van der Waals surface area (Å²) in [6.07, 6.45) is 4.10. The Kier molecular flexibility index (Phi) is 2.49. The quantitative estimate of drug-likeness (QED) is 0.743. The number of ether oxygens (including phenoxy) is 1. The summed E-state index contributed by atoms with van der Waals surface area (Å²) in [5, 5.41) is 0. The molecule has 0 amide bonds. The molecule has 1 fully saturated rings. The number of aromatic nitrogens is 2. The summed E-state index contributed by atoms with van der Waals surface area (Å²) in [6, 6.07) is 0.252. The molecule has 0 aromatic carbocycles. The molecule has 3 rings (SSSR count). The molecule has 0 bridgehead atoms. The number of nitrogens with zero attached hydrogens (tertiary/aromatic N) is 3. The zero-order valence-corrected chi connectivity index (χ0v) is 9.22. The molecular weight excluding hydrogens is 204 g/mol. The van der Waals surface area contributed by atoms with E-state index in [2.05, 4.69) is 14.9 Å². The first-order valence-corrected chi connectivity index (χ1v) is 5.76. The summed E-state index contributed by atoms with van der Waals surface area (Å²) in [4.78, 5) is 11.1. The second kappa shape index (κ2) is 3.99. The van der Waals surface area contributed by atoms with E-state index in [4.69, 9.17) is 10.5 Å². The predicted octanol–water partition coefficient (Wildman–Crippen LogP) is 0.434. The third-order valence-electron chi connectivity index (χ3n) is 3.18. The normalized spacial score (nSPS) is 24.6. The van der Waals surface area contributed by atoms with Gasteiger partial charge in [-0.15, -0.1) is 0 Å². The van der Waals surface area contributed by atoms with Gasteiger partial charge >= 0.3 is 0 Å². The molecule has 2 aliphatic heterocycles. The van der Waals surface area contributed by atoms with Gasteiger partial charge in [0.05, 0.1) is 18.9 Å². The van der Waals surface area contributed by atoms with Gasteiger partial charge in [-0.2, -0.15) is 0 Å². The van der Waals surface area contributed by atoms with Crippen LogP contribution >= 0.6 is 0 Å². The van der Waals surface area contributed by atoms with Crippen LogP contribution in [-0.2, 0) is 18.0 Å². The maximum absolute atomic E-state index is 5.95. The van der Waals surface area contributed by atoms with E-state index in [1.165, 1.54) is 0 Å². The van der Waals surface area contributed by atoms with Crippen molar-refractivity contribution < 1.29 is 4.74 Å². The van der Waals surface area contributed by atoms with E-state index in [0.29, 0.717) is 13.2 Å². The van der Waals surface area contributed by atoms with E-state index in [1.807, 2.05) is 6.20 Å². The van der Waals surface area contributed by atoms with Crippen molar-refractivity contribution in [1.29, 1.82) is 0 Å². The Balaban J connectivity index is 1.83. The van der Waals surface area contributed by atoms with Crippen molar-refractivity contribution in [3.8, 4) is 0 Å². The Morgan fingerprint density at radius 2 is 2.38 bits per heavy atom. The highest BCUT2D eigenvalue weighted by Gasteiger charge is 2.21. The number of anilines is 1. The van der Waals surface area contributed by atoms with Crippen LogP contribution in [0.3, 0.4) is 0 Å². The van der Waals surface area contributed by atoms with Crippen molar-refractivity contribution in [2.75, 3.05) is 18.0 Å². The Labute approximate surface area is 94.6 Å². The number of rotatable bonds is 1. The van der Waals surface area contributed by atoms with E-state index >= 15 is 0 Å². The summed E-state index contributed by atoms with van der Waals surface area (Å²) in [5.41, 5.74) is 8.10. The number of hydrogen-bond donors (Lipinski definition) is 1. The Morgan fingerprint density at radius 1 is 1.44 bits per heavy atom. The lowest BCUT2D eigenvalue weighted by Gasteiger charge is -2.30. The van der Waals surface area contributed by atoms with Gasteiger partial charge in [-0.05, 0) is 12.8 Å². The number of fused-ring (bicyclic) bond motifs is 1. The average Bonchev–Trinajstić information content (AvgIpc) is 2.75. The summed E-state index contributed by atoms with van der Waals surface area (Å²) < 4.78 is 5.33. The molecule has 1 aromatic heterocycles. The van der Waals surface area contributed by atoms with Crippen LogP contribution in [0.1, 0.15) is 24.1 Å². The molecule has 16 heavy (non-hydrogen) atoms. The fourth-order valence-electron chi connectivity index (χ4n) is 2.28. The van der Waals surface area contributed by atoms with Gasteiger partial charge in [0.1, 0.15) is 0 Å². The number of piperidine rings is 1. The lowest BCUT2D eigenvalue weighted by Crippen LogP contribution is -2.43. The maximum Gasteiger partial charge on any atom is 0.225 e. The molecule has 1 unspecified atom stereocenters. The highest BCUT2D eigenvalue weighted by molar-refractivity contribution is 5.34. The van der Waals surface area contributed by atoms with Gasteiger partial charge in [-0.3, -0.25) is 0 Å². The van der Waals surface area contributed by atoms with Gasteiger partial charge < -0.3 is 15.4 Å². The Morgan fingerprint density at radius 3 is 3.25 bits per heavy atom. The molecule has 3 heterocycles. The van der Waals surface area contributed by atoms with Gasteiger partial charge in [-0.25, -0.2) is 9.97 Å². The van der Waals surface area contributed by atoms with Crippen molar-refractivity contribution in [2.24, 2.45) is 5.73 Å². The van der Waals surface area contributed by atoms with Gasteiger partial charge in [0, 0.05) is 30.9 Å². The summed E-state index contributed by atoms with van der Waals surface area (Å²) in [5.74, 6) is 0.805. The maximum atomic E-state index is 5.95. The molecule has 2 N–H and O–H groups in total. The van der Waals surface area contributed by atoms with Crippen molar-refractivity contribution in [1.82, 2.24) is 9.97 Å². The lowest BCUT2D eigenvalue weighted by atomic mass is 10.1. The van der Waals surface area contributed by atoms with E-state index in [9.17, 15) is 0 Å². The highest BCUT2D eigenvalue weighted by Crippen LogP contribution is 2.21. The Hall–Kier alpha value is -1.20. The van der Waals surface area contributed by atoms with Crippen molar-refractivity contribution >= 4 is 5.95 Å². The predicted molar refractivity (Wildman–Crippen MR) is 59.9 cm³/mol. The van der Waals surface area contributed by atoms with E-state index in [0.717, 1.165) is 43.1 Å².